The summed E-state index contributed by atoms with van der Waals surface area (Å²) in [6, 6.07) is 4.91. The zero-order chi connectivity index (χ0) is 12.0. The van der Waals surface area contributed by atoms with Gasteiger partial charge >= 0.3 is 0 Å². The molecule has 0 aliphatic heterocycles. The number of hydrogen-bond acceptors (Lipinski definition) is 2. The Morgan fingerprint density at radius 1 is 1.13 bits per heavy atom. The highest BCUT2D eigenvalue weighted by molar-refractivity contribution is 5.49. The number of hydrogen-bond donors (Lipinski definition) is 0. The standard InChI is InChI=1S/C10H7FN2.C2H6/c1-6-3-8(4-12)10(11)9(5-13)7(6)2;1-2/h3H,1-2H3;1-2H3. The molecular weight excluding hydrogens is 191 g/mol. The van der Waals surface area contributed by atoms with Crippen molar-refractivity contribution in [3.8, 4) is 12.1 Å². The Kier molecular flexibility index (Phi) is 5.06. The molecule has 0 unspecified atom stereocenters. The second-order valence-electron chi connectivity index (χ2n) is 2.78. The molecule has 1 rings (SSSR count). The third-order valence-electron chi connectivity index (χ3n) is 2.02. The third kappa shape index (κ3) is 2.54. The lowest BCUT2D eigenvalue weighted by molar-refractivity contribution is 0.618. The van der Waals surface area contributed by atoms with E-state index in [1.54, 1.807) is 26.0 Å². The Labute approximate surface area is 89.6 Å². The van der Waals surface area contributed by atoms with Gasteiger partial charge in [0.25, 0.3) is 0 Å². The number of rotatable bonds is 0. The van der Waals surface area contributed by atoms with Crippen molar-refractivity contribution in [3.63, 3.8) is 0 Å². The smallest absolute Gasteiger partial charge is 0.158 e. The zero-order valence-electron chi connectivity index (χ0n) is 9.35. The van der Waals surface area contributed by atoms with Crippen LogP contribution in [0.25, 0.3) is 0 Å². The van der Waals surface area contributed by atoms with E-state index in [4.69, 9.17) is 10.5 Å². The monoisotopic (exact) mass is 204 g/mol. The van der Waals surface area contributed by atoms with Gasteiger partial charge in [0.15, 0.2) is 5.82 Å². The molecule has 2 nitrogen and oxygen atoms in total. The highest BCUT2D eigenvalue weighted by Crippen LogP contribution is 2.19. The Hall–Kier alpha value is -1.87. The molecule has 0 heterocycles. The van der Waals surface area contributed by atoms with Crippen LogP contribution in [-0.4, -0.2) is 0 Å². The highest BCUT2D eigenvalue weighted by Gasteiger charge is 2.12. The molecule has 0 atom stereocenters. The van der Waals surface area contributed by atoms with E-state index in [1.807, 2.05) is 13.8 Å². The predicted octanol–water partition coefficient (Wildman–Crippen LogP) is 3.21. The molecule has 1 aromatic carbocycles. The van der Waals surface area contributed by atoms with E-state index in [2.05, 4.69) is 0 Å². The Balaban J connectivity index is 0.000000921. The van der Waals surface area contributed by atoms with Crippen molar-refractivity contribution in [3.05, 3.63) is 34.1 Å². The minimum atomic E-state index is -0.715. The maximum Gasteiger partial charge on any atom is 0.158 e. The van der Waals surface area contributed by atoms with Gasteiger partial charge < -0.3 is 0 Å². The molecule has 0 saturated heterocycles. The van der Waals surface area contributed by atoms with Crippen LogP contribution in [0, 0.1) is 42.3 Å². The van der Waals surface area contributed by atoms with Crippen LogP contribution in [0.1, 0.15) is 36.1 Å². The second kappa shape index (κ2) is 5.78. The van der Waals surface area contributed by atoms with Crippen molar-refractivity contribution < 1.29 is 4.39 Å². The molecule has 0 N–H and O–H groups in total. The molecular formula is C12H13FN2. The molecule has 3 heteroatoms. The Bertz CT molecular complexity index is 436. The first kappa shape index (κ1) is 13.1. The third-order valence-corrected chi connectivity index (χ3v) is 2.02. The number of benzene rings is 1. The number of nitriles is 2. The zero-order valence-corrected chi connectivity index (χ0v) is 9.35. The molecule has 0 aliphatic carbocycles. The Morgan fingerprint density at radius 2 is 1.67 bits per heavy atom. The summed E-state index contributed by atoms with van der Waals surface area (Å²) in [5, 5.41) is 17.2. The fourth-order valence-corrected chi connectivity index (χ4v) is 1.10. The van der Waals surface area contributed by atoms with E-state index < -0.39 is 5.82 Å². The summed E-state index contributed by atoms with van der Waals surface area (Å²) in [7, 11) is 0. The summed E-state index contributed by atoms with van der Waals surface area (Å²) in [6.07, 6.45) is 0. The van der Waals surface area contributed by atoms with E-state index in [1.165, 1.54) is 6.07 Å². The molecule has 0 aromatic heterocycles. The van der Waals surface area contributed by atoms with Crippen LogP contribution in [0.2, 0.25) is 0 Å². The Morgan fingerprint density at radius 3 is 2.07 bits per heavy atom. The van der Waals surface area contributed by atoms with E-state index >= 15 is 0 Å². The highest BCUT2D eigenvalue weighted by atomic mass is 19.1. The lowest BCUT2D eigenvalue weighted by Gasteiger charge is -2.04. The topological polar surface area (TPSA) is 47.6 Å². The van der Waals surface area contributed by atoms with Gasteiger partial charge in [-0.3, -0.25) is 0 Å². The van der Waals surface area contributed by atoms with Crippen LogP contribution in [0.5, 0.6) is 0 Å². The maximum atomic E-state index is 13.3. The van der Waals surface area contributed by atoms with Gasteiger partial charge in [-0.25, -0.2) is 4.39 Å². The van der Waals surface area contributed by atoms with Gasteiger partial charge in [0.2, 0.25) is 0 Å². The maximum absolute atomic E-state index is 13.3. The van der Waals surface area contributed by atoms with E-state index in [-0.39, 0.29) is 11.1 Å². The van der Waals surface area contributed by atoms with Gasteiger partial charge in [0.1, 0.15) is 12.1 Å². The van der Waals surface area contributed by atoms with Crippen LogP contribution < -0.4 is 0 Å². The van der Waals surface area contributed by atoms with Crippen LogP contribution in [0.4, 0.5) is 4.39 Å². The lowest BCUT2D eigenvalue weighted by atomic mass is 10.00. The molecule has 0 spiro atoms. The minimum absolute atomic E-state index is 0.0310. The summed E-state index contributed by atoms with van der Waals surface area (Å²) in [4.78, 5) is 0. The molecule has 0 bridgehead atoms. The van der Waals surface area contributed by atoms with Crippen molar-refractivity contribution in [1.82, 2.24) is 0 Å². The summed E-state index contributed by atoms with van der Waals surface area (Å²) in [5.74, 6) is -0.715. The fraction of sp³-hybridized carbons (Fsp3) is 0.333. The van der Waals surface area contributed by atoms with Crippen molar-refractivity contribution in [2.24, 2.45) is 0 Å². The van der Waals surface area contributed by atoms with Crippen LogP contribution in [0.15, 0.2) is 6.07 Å². The SMILES string of the molecule is CC.Cc1cc(C#N)c(F)c(C#N)c1C. The lowest BCUT2D eigenvalue weighted by Crippen LogP contribution is -1.96. The first-order chi connectivity index (χ1) is 7.11. The largest absolute Gasteiger partial charge is 0.204 e. The van der Waals surface area contributed by atoms with Gasteiger partial charge in [-0.15, -0.1) is 0 Å². The quantitative estimate of drug-likeness (QED) is 0.651. The van der Waals surface area contributed by atoms with Gasteiger partial charge in [-0.05, 0) is 31.0 Å². The van der Waals surface area contributed by atoms with Crippen molar-refractivity contribution >= 4 is 0 Å². The van der Waals surface area contributed by atoms with Gasteiger partial charge in [-0.2, -0.15) is 10.5 Å². The summed E-state index contributed by atoms with van der Waals surface area (Å²) in [5.41, 5.74) is 1.25. The predicted molar refractivity (Wildman–Crippen MR) is 56.7 cm³/mol. The van der Waals surface area contributed by atoms with Crippen molar-refractivity contribution in [2.45, 2.75) is 27.7 Å². The number of halogens is 1. The normalized spacial score (nSPS) is 8.20. The van der Waals surface area contributed by atoms with E-state index in [0.717, 1.165) is 5.56 Å². The average molecular weight is 204 g/mol. The molecule has 0 radical (unpaired) electrons. The van der Waals surface area contributed by atoms with E-state index in [9.17, 15) is 4.39 Å². The van der Waals surface area contributed by atoms with Crippen LogP contribution >= 0.6 is 0 Å². The molecule has 0 aliphatic rings. The first-order valence-corrected chi connectivity index (χ1v) is 4.71. The number of aryl methyl sites for hydroxylation is 1. The van der Waals surface area contributed by atoms with Crippen LogP contribution in [0.3, 0.4) is 0 Å². The summed E-state index contributed by atoms with van der Waals surface area (Å²) >= 11 is 0. The van der Waals surface area contributed by atoms with Gasteiger partial charge in [0.05, 0.1) is 11.1 Å². The minimum Gasteiger partial charge on any atom is -0.204 e. The van der Waals surface area contributed by atoms with E-state index in [0.29, 0.717) is 5.56 Å². The number of nitrogens with zero attached hydrogens (tertiary/aromatic N) is 2. The molecule has 15 heavy (non-hydrogen) atoms. The van der Waals surface area contributed by atoms with Crippen molar-refractivity contribution in [1.29, 1.82) is 10.5 Å². The van der Waals surface area contributed by atoms with Crippen LogP contribution in [-0.2, 0) is 0 Å². The first-order valence-electron chi connectivity index (χ1n) is 4.71. The molecule has 0 amide bonds. The molecule has 1 aromatic rings. The fourth-order valence-electron chi connectivity index (χ4n) is 1.10. The van der Waals surface area contributed by atoms with Gasteiger partial charge in [-0.1, -0.05) is 13.8 Å². The summed E-state index contributed by atoms with van der Waals surface area (Å²) in [6.45, 7) is 7.41. The second-order valence-corrected chi connectivity index (χ2v) is 2.78. The molecule has 0 saturated carbocycles. The van der Waals surface area contributed by atoms with Crippen molar-refractivity contribution in [2.75, 3.05) is 0 Å². The summed E-state index contributed by atoms with van der Waals surface area (Å²) < 4.78 is 13.3. The molecule has 78 valence electrons. The molecule has 0 fully saturated rings. The van der Waals surface area contributed by atoms with Gasteiger partial charge in [0, 0.05) is 0 Å². The average Bonchev–Trinajstić information content (AvgIpc) is 2.27.